The van der Waals surface area contributed by atoms with Crippen molar-refractivity contribution < 1.29 is 14.3 Å². The van der Waals surface area contributed by atoms with E-state index in [0.29, 0.717) is 17.9 Å². The predicted molar refractivity (Wildman–Crippen MR) is 79.3 cm³/mol. The normalized spacial score (nSPS) is 9.45. The molecule has 1 rings (SSSR count). The van der Waals surface area contributed by atoms with Crippen LogP contribution in [0.1, 0.15) is 16.8 Å². The molecule has 0 bridgehead atoms. The summed E-state index contributed by atoms with van der Waals surface area (Å²) in [6, 6.07) is 6.74. The van der Waals surface area contributed by atoms with Gasteiger partial charge in [-0.15, -0.1) is 12.4 Å². The lowest BCUT2D eigenvalue weighted by molar-refractivity contribution is -0.119. The standard InChI is InChI=1S/C13H19N3O3.ClH/c1-15-7-4-8-16-13(18)10-5-2-3-6-11(10)19-9-12(14)17;/h2-3,5-6,15H,4,7-9H2,1H3,(H2,14,17)(H,16,18);1H. The zero-order valence-corrected chi connectivity index (χ0v) is 12.2. The molecule has 0 atom stereocenters. The van der Waals surface area contributed by atoms with E-state index in [2.05, 4.69) is 10.6 Å². The van der Waals surface area contributed by atoms with Crippen molar-refractivity contribution in [3.05, 3.63) is 29.8 Å². The molecule has 112 valence electrons. The Kier molecular flexibility index (Phi) is 9.15. The maximum absolute atomic E-state index is 11.9. The SMILES string of the molecule is CNCCCNC(=O)c1ccccc1OCC(N)=O.Cl. The van der Waals surface area contributed by atoms with Gasteiger partial charge in [0.05, 0.1) is 5.56 Å². The van der Waals surface area contributed by atoms with Crippen molar-refractivity contribution in [3.63, 3.8) is 0 Å². The molecule has 4 N–H and O–H groups in total. The van der Waals surface area contributed by atoms with E-state index in [4.69, 9.17) is 10.5 Å². The molecule has 0 unspecified atom stereocenters. The molecule has 7 heteroatoms. The van der Waals surface area contributed by atoms with Crippen LogP contribution in [0.3, 0.4) is 0 Å². The van der Waals surface area contributed by atoms with E-state index in [1.54, 1.807) is 24.3 Å². The number of hydrogen-bond donors (Lipinski definition) is 3. The molecular weight excluding hydrogens is 282 g/mol. The average Bonchev–Trinajstić information content (AvgIpc) is 2.41. The summed E-state index contributed by atoms with van der Waals surface area (Å²) in [4.78, 5) is 22.6. The topological polar surface area (TPSA) is 93.4 Å². The number of nitrogens with one attached hydrogen (secondary N) is 2. The van der Waals surface area contributed by atoms with Gasteiger partial charge in [0.15, 0.2) is 6.61 Å². The summed E-state index contributed by atoms with van der Waals surface area (Å²) >= 11 is 0. The number of benzene rings is 1. The number of para-hydroxylation sites is 1. The van der Waals surface area contributed by atoms with Crippen LogP contribution in [0.4, 0.5) is 0 Å². The average molecular weight is 302 g/mol. The van der Waals surface area contributed by atoms with Crippen molar-refractivity contribution in [1.82, 2.24) is 10.6 Å². The van der Waals surface area contributed by atoms with Crippen LogP contribution in [-0.2, 0) is 4.79 Å². The third-order valence-electron chi connectivity index (χ3n) is 2.39. The quantitative estimate of drug-likeness (QED) is 0.603. The molecule has 0 saturated carbocycles. The van der Waals surface area contributed by atoms with Gasteiger partial charge >= 0.3 is 0 Å². The monoisotopic (exact) mass is 301 g/mol. The van der Waals surface area contributed by atoms with Gasteiger partial charge in [-0.25, -0.2) is 0 Å². The van der Waals surface area contributed by atoms with Gasteiger partial charge < -0.3 is 21.1 Å². The molecule has 2 amide bonds. The summed E-state index contributed by atoms with van der Waals surface area (Å²) in [6.45, 7) is 1.16. The van der Waals surface area contributed by atoms with Crippen LogP contribution in [0.15, 0.2) is 24.3 Å². The van der Waals surface area contributed by atoms with Gasteiger partial charge in [-0.2, -0.15) is 0 Å². The second kappa shape index (κ2) is 10.1. The van der Waals surface area contributed by atoms with Crippen LogP contribution >= 0.6 is 12.4 Å². The van der Waals surface area contributed by atoms with Gasteiger partial charge in [0, 0.05) is 6.54 Å². The molecule has 1 aromatic rings. The fourth-order valence-corrected chi connectivity index (χ4v) is 1.49. The highest BCUT2D eigenvalue weighted by Crippen LogP contribution is 2.17. The smallest absolute Gasteiger partial charge is 0.255 e. The van der Waals surface area contributed by atoms with E-state index < -0.39 is 5.91 Å². The first-order valence-corrected chi connectivity index (χ1v) is 6.08. The van der Waals surface area contributed by atoms with Crippen LogP contribution in [0.25, 0.3) is 0 Å². The number of halogens is 1. The van der Waals surface area contributed by atoms with Crippen LogP contribution in [0, 0.1) is 0 Å². The number of hydrogen-bond acceptors (Lipinski definition) is 4. The van der Waals surface area contributed by atoms with Crippen LogP contribution < -0.4 is 21.1 Å². The molecule has 0 heterocycles. The summed E-state index contributed by atoms with van der Waals surface area (Å²) in [5.41, 5.74) is 5.41. The highest BCUT2D eigenvalue weighted by Gasteiger charge is 2.11. The minimum atomic E-state index is -0.579. The highest BCUT2D eigenvalue weighted by atomic mass is 35.5. The first-order valence-electron chi connectivity index (χ1n) is 6.08. The maximum Gasteiger partial charge on any atom is 0.255 e. The molecule has 0 radical (unpaired) electrons. The number of carbonyl (C=O) groups excluding carboxylic acids is 2. The Balaban J connectivity index is 0.00000361. The Labute approximate surface area is 124 Å². The van der Waals surface area contributed by atoms with Gasteiger partial charge in [0.1, 0.15) is 5.75 Å². The first-order chi connectivity index (χ1) is 9.15. The van der Waals surface area contributed by atoms with Crippen molar-refractivity contribution >= 4 is 24.2 Å². The number of nitrogens with two attached hydrogens (primary N) is 1. The van der Waals surface area contributed by atoms with E-state index in [1.807, 2.05) is 7.05 Å². The first kappa shape index (κ1) is 18.2. The summed E-state index contributed by atoms with van der Waals surface area (Å²) in [6.07, 6.45) is 0.840. The minimum absolute atomic E-state index is 0. The molecule has 20 heavy (non-hydrogen) atoms. The van der Waals surface area contributed by atoms with Gasteiger partial charge in [0.2, 0.25) is 0 Å². The number of amides is 2. The Morgan fingerprint density at radius 3 is 2.60 bits per heavy atom. The molecule has 0 aromatic heterocycles. The zero-order valence-electron chi connectivity index (χ0n) is 11.3. The molecular formula is C13H20ClN3O3. The maximum atomic E-state index is 11.9. The second-order valence-electron chi connectivity index (χ2n) is 3.96. The summed E-state index contributed by atoms with van der Waals surface area (Å²) in [5, 5.41) is 5.78. The molecule has 0 aliphatic carbocycles. The molecule has 0 aliphatic heterocycles. The van der Waals surface area contributed by atoms with E-state index in [0.717, 1.165) is 13.0 Å². The summed E-state index contributed by atoms with van der Waals surface area (Å²) in [7, 11) is 1.86. The van der Waals surface area contributed by atoms with Crippen molar-refractivity contribution in [2.75, 3.05) is 26.7 Å². The number of ether oxygens (including phenoxy) is 1. The lowest BCUT2D eigenvalue weighted by Crippen LogP contribution is -2.27. The minimum Gasteiger partial charge on any atom is -0.483 e. The van der Waals surface area contributed by atoms with Gasteiger partial charge in [-0.1, -0.05) is 12.1 Å². The van der Waals surface area contributed by atoms with E-state index in [9.17, 15) is 9.59 Å². The fraction of sp³-hybridized carbons (Fsp3) is 0.385. The van der Waals surface area contributed by atoms with E-state index in [-0.39, 0.29) is 24.9 Å². The van der Waals surface area contributed by atoms with Gasteiger partial charge in [-0.3, -0.25) is 9.59 Å². The zero-order chi connectivity index (χ0) is 14.1. The van der Waals surface area contributed by atoms with Crippen LogP contribution in [0.5, 0.6) is 5.75 Å². The van der Waals surface area contributed by atoms with Gasteiger partial charge in [-0.05, 0) is 32.1 Å². The van der Waals surface area contributed by atoms with E-state index >= 15 is 0 Å². The predicted octanol–water partition coefficient (Wildman–Crippen LogP) is 0.312. The summed E-state index contributed by atoms with van der Waals surface area (Å²) < 4.78 is 5.20. The Bertz CT molecular complexity index is 441. The van der Waals surface area contributed by atoms with Crippen molar-refractivity contribution in [1.29, 1.82) is 0 Å². The second-order valence-corrected chi connectivity index (χ2v) is 3.96. The number of rotatable bonds is 8. The van der Waals surface area contributed by atoms with Gasteiger partial charge in [0.25, 0.3) is 11.8 Å². The molecule has 0 saturated heterocycles. The lowest BCUT2D eigenvalue weighted by atomic mass is 10.2. The molecule has 0 spiro atoms. The Hall–Kier alpha value is -1.79. The number of carbonyl (C=O) groups is 2. The fourth-order valence-electron chi connectivity index (χ4n) is 1.49. The third kappa shape index (κ3) is 6.40. The van der Waals surface area contributed by atoms with E-state index in [1.165, 1.54) is 0 Å². The van der Waals surface area contributed by atoms with Crippen molar-refractivity contribution in [2.24, 2.45) is 5.73 Å². The van der Waals surface area contributed by atoms with Crippen molar-refractivity contribution in [2.45, 2.75) is 6.42 Å². The van der Waals surface area contributed by atoms with Crippen LogP contribution in [-0.4, -0.2) is 38.6 Å². The molecule has 0 fully saturated rings. The van der Waals surface area contributed by atoms with Crippen LogP contribution in [0.2, 0.25) is 0 Å². The Morgan fingerprint density at radius 2 is 1.95 bits per heavy atom. The molecule has 6 nitrogen and oxygen atoms in total. The largest absolute Gasteiger partial charge is 0.483 e. The molecule has 0 aliphatic rings. The highest BCUT2D eigenvalue weighted by molar-refractivity contribution is 5.97. The Morgan fingerprint density at radius 1 is 1.25 bits per heavy atom. The van der Waals surface area contributed by atoms with Crippen molar-refractivity contribution in [3.8, 4) is 5.75 Å². The summed E-state index contributed by atoms with van der Waals surface area (Å²) in [5.74, 6) is -0.451. The number of primary amides is 1. The lowest BCUT2D eigenvalue weighted by Gasteiger charge is -2.10. The molecule has 1 aromatic carbocycles. The third-order valence-corrected chi connectivity index (χ3v) is 2.39.